The van der Waals surface area contributed by atoms with Crippen LogP contribution in [0.15, 0.2) is 11.2 Å². The molecule has 1 unspecified atom stereocenters. The maximum absolute atomic E-state index is 4.53. The molecule has 0 aliphatic heterocycles. The predicted octanol–water partition coefficient (Wildman–Crippen LogP) is 2.92. The van der Waals surface area contributed by atoms with Crippen LogP contribution in [0.3, 0.4) is 0 Å². The summed E-state index contributed by atoms with van der Waals surface area (Å²) in [5.41, 5.74) is 0. The zero-order valence-electron chi connectivity index (χ0n) is 13.5. The van der Waals surface area contributed by atoms with Crippen molar-refractivity contribution in [2.75, 3.05) is 37.0 Å². The standard InChI is InChI=1S/C15H27N5S/c1-5-8-16-13-9-14(19-15(18-13)21-4)17-10-11(2)20(3)12-6-7-12/h9,11-12H,5-8,10H2,1-4H3,(H2,16,17,18,19). The molecule has 1 heterocycles. The molecule has 0 radical (unpaired) electrons. The number of nitrogens with one attached hydrogen (secondary N) is 2. The van der Waals surface area contributed by atoms with Gasteiger partial charge in [0.15, 0.2) is 5.16 Å². The first-order valence-electron chi connectivity index (χ1n) is 7.76. The highest BCUT2D eigenvalue weighted by atomic mass is 32.2. The van der Waals surface area contributed by atoms with Gasteiger partial charge < -0.3 is 10.6 Å². The number of hydrogen-bond donors (Lipinski definition) is 2. The Morgan fingerprint density at radius 1 is 1.33 bits per heavy atom. The molecule has 1 atom stereocenters. The van der Waals surface area contributed by atoms with Gasteiger partial charge in [-0.3, -0.25) is 4.90 Å². The van der Waals surface area contributed by atoms with Gasteiger partial charge in [-0.25, -0.2) is 9.97 Å². The zero-order chi connectivity index (χ0) is 15.2. The molecule has 1 aliphatic rings. The van der Waals surface area contributed by atoms with E-state index < -0.39 is 0 Å². The van der Waals surface area contributed by atoms with Crippen LogP contribution in [-0.2, 0) is 0 Å². The van der Waals surface area contributed by atoms with Gasteiger partial charge in [0, 0.05) is 31.2 Å². The topological polar surface area (TPSA) is 53.1 Å². The minimum Gasteiger partial charge on any atom is -0.370 e. The molecule has 0 bridgehead atoms. The van der Waals surface area contributed by atoms with Crippen molar-refractivity contribution in [1.82, 2.24) is 14.9 Å². The summed E-state index contributed by atoms with van der Waals surface area (Å²) in [5.74, 6) is 1.81. The Labute approximate surface area is 132 Å². The van der Waals surface area contributed by atoms with Crippen molar-refractivity contribution in [2.45, 2.75) is 50.4 Å². The third-order valence-corrected chi connectivity index (χ3v) is 4.39. The molecule has 0 aromatic carbocycles. The Balaban J connectivity index is 1.94. The molecule has 21 heavy (non-hydrogen) atoms. The number of nitrogens with zero attached hydrogens (tertiary/aromatic N) is 3. The van der Waals surface area contributed by atoms with E-state index in [-0.39, 0.29) is 0 Å². The minimum atomic E-state index is 0.511. The number of likely N-dealkylation sites (N-methyl/N-ethyl adjacent to an activating group) is 1. The van der Waals surface area contributed by atoms with Gasteiger partial charge in [0.2, 0.25) is 0 Å². The summed E-state index contributed by atoms with van der Waals surface area (Å²) in [7, 11) is 2.21. The molecular formula is C15H27N5S. The van der Waals surface area contributed by atoms with Crippen LogP contribution in [0.2, 0.25) is 0 Å². The van der Waals surface area contributed by atoms with E-state index in [9.17, 15) is 0 Å². The van der Waals surface area contributed by atoms with Gasteiger partial charge in [-0.05, 0) is 39.5 Å². The fraction of sp³-hybridized carbons (Fsp3) is 0.733. The molecule has 0 saturated heterocycles. The minimum absolute atomic E-state index is 0.511. The molecule has 118 valence electrons. The molecule has 0 amide bonds. The van der Waals surface area contributed by atoms with Crippen LogP contribution in [0.1, 0.15) is 33.1 Å². The van der Waals surface area contributed by atoms with Crippen LogP contribution < -0.4 is 10.6 Å². The molecule has 1 aromatic rings. The van der Waals surface area contributed by atoms with Crippen LogP contribution in [0.25, 0.3) is 0 Å². The normalized spacial score (nSPS) is 16.0. The molecule has 5 nitrogen and oxygen atoms in total. The van der Waals surface area contributed by atoms with E-state index in [1.165, 1.54) is 12.8 Å². The van der Waals surface area contributed by atoms with Gasteiger partial charge >= 0.3 is 0 Å². The van der Waals surface area contributed by atoms with E-state index >= 15 is 0 Å². The van der Waals surface area contributed by atoms with E-state index in [0.29, 0.717) is 6.04 Å². The summed E-state index contributed by atoms with van der Waals surface area (Å²) < 4.78 is 0. The molecule has 1 aliphatic carbocycles. The number of rotatable bonds is 9. The van der Waals surface area contributed by atoms with Gasteiger partial charge in [0.05, 0.1) is 0 Å². The fourth-order valence-corrected chi connectivity index (χ4v) is 2.57. The molecular weight excluding hydrogens is 282 g/mol. The quantitative estimate of drug-likeness (QED) is 0.540. The van der Waals surface area contributed by atoms with Crippen LogP contribution in [0.5, 0.6) is 0 Å². The van der Waals surface area contributed by atoms with E-state index in [1.807, 2.05) is 12.3 Å². The highest BCUT2D eigenvalue weighted by molar-refractivity contribution is 7.98. The van der Waals surface area contributed by atoms with E-state index in [4.69, 9.17) is 0 Å². The zero-order valence-corrected chi connectivity index (χ0v) is 14.3. The molecule has 0 spiro atoms. The summed E-state index contributed by atoms with van der Waals surface area (Å²) in [6.07, 6.45) is 5.78. The summed E-state index contributed by atoms with van der Waals surface area (Å²) in [6.45, 7) is 6.26. The highest BCUT2D eigenvalue weighted by Crippen LogP contribution is 2.27. The van der Waals surface area contributed by atoms with Crippen molar-refractivity contribution >= 4 is 23.4 Å². The third kappa shape index (κ3) is 5.04. The van der Waals surface area contributed by atoms with Crippen molar-refractivity contribution in [1.29, 1.82) is 0 Å². The largest absolute Gasteiger partial charge is 0.370 e. The molecule has 1 aromatic heterocycles. The second kappa shape index (κ2) is 7.84. The number of thioether (sulfide) groups is 1. The smallest absolute Gasteiger partial charge is 0.191 e. The van der Waals surface area contributed by atoms with Gasteiger partial charge in [0.1, 0.15) is 11.6 Å². The number of aromatic nitrogens is 2. The van der Waals surface area contributed by atoms with Crippen LogP contribution in [0.4, 0.5) is 11.6 Å². The summed E-state index contributed by atoms with van der Waals surface area (Å²) in [6, 6.07) is 3.30. The Bertz CT molecular complexity index is 450. The van der Waals surface area contributed by atoms with E-state index in [1.54, 1.807) is 11.8 Å². The highest BCUT2D eigenvalue weighted by Gasteiger charge is 2.28. The molecule has 2 rings (SSSR count). The average Bonchev–Trinajstić information content (AvgIpc) is 3.34. The van der Waals surface area contributed by atoms with Gasteiger partial charge in [0.25, 0.3) is 0 Å². The Morgan fingerprint density at radius 3 is 2.57 bits per heavy atom. The summed E-state index contributed by atoms with van der Waals surface area (Å²) in [5, 5.41) is 7.59. The maximum atomic E-state index is 4.53. The van der Waals surface area contributed by atoms with Crippen molar-refractivity contribution in [3.05, 3.63) is 6.07 Å². The SMILES string of the molecule is CCCNc1cc(NCC(C)N(C)C2CC2)nc(SC)n1. The van der Waals surface area contributed by atoms with Gasteiger partial charge in [-0.1, -0.05) is 18.7 Å². The second-order valence-electron chi connectivity index (χ2n) is 5.68. The fourth-order valence-electron chi connectivity index (χ4n) is 2.19. The van der Waals surface area contributed by atoms with Crippen LogP contribution in [-0.4, -0.2) is 53.3 Å². The second-order valence-corrected chi connectivity index (χ2v) is 6.45. The first kappa shape index (κ1) is 16.4. The lowest BCUT2D eigenvalue weighted by Crippen LogP contribution is -2.36. The van der Waals surface area contributed by atoms with Gasteiger partial charge in [-0.2, -0.15) is 0 Å². The van der Waals surface area contributed by atoms with E-state index in [2.05, 4.69) is 46.4 Å². The first-order chi connectivity index (χ1) is 10.1. The third-order valence-electron chi connectivity index (χ3n) is 3.84. The van der Waals surface area contributed by atoms with Crippen molar-refractivity contribution < 1.29 is 0 Å². The number of hydrogen-bond acceptors (Lipinski definition) is 6. The molecule has 6 heteroatoms. The van der Waals surface area contributed by atoms with Crippen molar-refractivity contribution in [2.24, 2.45) is 0 Å². The first-order valence-corrected chi connectivity index (χ1v) is 8.99. The lowest BCUT2D eigenvalue weighted by atomic mass is 10.3. The lowest BCUT2D eigenvalue weighted by molar-refractivity contribution is 0.257. The van der Waals surface area contributed by atoms with Crippen molar-refractivity contribution in [3.63, 3.8) is 0 Å². The monoisotopic (exact) mass is 309 g/mol. The Kier molecular flexibility index (Phi) is 6.11. The maximum Gasteiger partial charge on any atom is 0.191 e. The number of anilines is 2. The van der Waals surface area contributed by atoms with Crippen LogP contribution >= 0.6 is 11.8 Å². The predicted molar refractivity (Wildman–Crippen MR) is 91.3 cm³/mol. The molecule has 1 saturated carbocycles. The summed E-state index contributed by atoms with van der Waals surface area (Å²) >= 11 is 1.57. The Hall–Kier alpha value is -1.01. The summed E-state index contributed by atoms with van der Waals surface area (Å²) in [4.78, 5) is 11.5. The van der Waals surface area contributed by atoms with Crippen LogP contribution in [0, 0.1) is 0 Å². The molecule has 2 N–H and O–H groups in total. The van der Waals surface area contributed by atoms with Crippen molar-refractivity contribution in [3.8, 4) is 0 Å². The van der Waals surface area contributed by atoms with Gasteiger partial charge in [-0.15, -0.1) is 0 Å². The Morgan fingerprint density at radius 2 is 2.00 bits per heavy atom. The molecule has 1 fully saturated rings. The van der Waals surface area contributed by atoms with E-state index in [0.717, 1.165) is 42.3 Å². The lowest BCUT2D eigenvalue weighted by Gasteiger charge is -2.25. The average molecular weight is 309 g/mol.